The lowest BCUT2D eigenvalue weighted by atomic mass is 10.2. The summed E-state index contributed by atoms with van der Waals surface area (Å²) in [6.07, 6.45) is 0.559. The Labute approximate surface area is 97.1 Å². The molecule has 0 heterocycles. The summed E-state index contributed by atoms with van der Waals surface area (Å²) in [7, 11) is 0.603. The molecule has 0 aliphatic rings. The maximum Gasteiger partial charge on any atom is 0.123 e. The summed E-state index contributed by atoms with van der Waals surface area (Å²) in [4.78, 5) is 0.611. The zero-order valence-electron chi connectivity index (χ0n) is 9.15. The summed E-state index contributed by atoms with van der Waals surface area (Å²) in [6.45, 7) is 0.0616. The summed E-state index contributed by atoms with van der Waals surface area (Å²) in [6, 6.07) is 5.66. The molecule has 0 saturated heterocycles. The van der Waals surface area contributed by atoms with Gasteiger partial charge in [0.25, 0.3) is 0 Å². The molecule has 0 radical (unpaired) electrons. The van der Waals surface area contributed by atoms with Crippen LogP contribution in [0.15, 0.2) is 29.2 Å². The molecule has 2 unspecified atom stereocenters. The van der Waals surface area contributed by atoms with E-state index in [9.17, 15) is 8.60 Å². The number of halogens is 1. The second-order valence-electron chi connectivity index (χ2n) is 3.46. The quantitative estimate of drug-likeness (QED) is 0.783. The monoisotopic (exact) mass is 245 g/mol. The molecule has 90 valence electrons. The van der Waals surface area contributed by atoms with Crippen molar-refractivity contribution in [3.05, 3.63) is 30.1 Å². The van der Waals surface area contributed by atoms with Crippen LogP contribution in [0.4, 0.5) is 4.39 Å². The molecule has 0 amide bonds. The molecule has 3 nitrogen and oxygen atoms in total. The molecular weight excluding hydrogens is 229 g/mol. The minimum Gasteiger partial charge on any atom is -0.396 e. The average molecular weight is 245 g/mol. The first-order valence-electron chi connectivity index (χ1n) is 5.09. The lowest BCUT2D eigenvalue weighted by molar-refractivity contribution is 0.273. The summed E-state index contributed by atoms with van der Waals surface area (Å²) < 4.78 is 24.5. The highest BCUT2D eigenvalue weighted by Gasteiger charge is 2.11. The molecule has 0 aliphatic heterocycles. The molecule has 0 spiro atoms. The van der Waals surface area contributed by atoms with E-state index in [2.05, 4.69) is 5.32 Å². The van der Waals surface area contributed by atoms with Gasteiger partial charge in [-0.15, -0.1) is 0 Å². The number of rotatable bonds is 6. The van der Waals surface area contributed by atoms with Gasteiger partial charge in [-0.2, -0.15) is 0 Å². The summed E-state index contributed by atoms with van der Waals surface area (Å²) >= 11 is 0. The van der Waals surface area contributed by atoms with E-state index in [4.69, 9.17) is 5.11 Å². The van der Waals surface area contributed by atoms with E-state index in [1.54, 1.807) is 7.05 Å². The second kappa shape index (κ2) is 6.73. The maximum absolute atomic E-state index is 12.7. The predicted octanol–water partition coefficient (Wildman–Crippen LogP) is 0.904. The molecule has 2 atom stereocenters. The fraction of sp³-hybridized carbons (Fsp3) is 0.455. The van der Waals surface area contributed by atoms with Crippen LogP contribution in [-0.2, 0) is 10.8 Å². The standard InChI is InChI=1S/C11H16FNO2S/c1-13-10(6-7-14)8-16(15)11-4-2-9(12)3-5-11/h2-5,10,13-14H,6-8H2,1H3. The lowest BCUT2D eigenvalue weighted by Crippen LogP contribution is -2.32. The average Bonchev–Trinajstić information content (AvgIpc) is 2.29. The Balaban J connectivity index is 2.60. The molecule has 0 fully saturated rings. The lowest BCUT2D eigenvalue weighted by Gasteiger charge is -2.14. The number of hydrogen-bond donors (Lipinski definition) is 2. The highest BCUT2D eigenvalue weighted by Crippen LogP contribution is 2.09. The van der Waals surface area contributed by atoms with Crippen LogP contribution in [0.5, 0.6) is 0 Å². The van der Waals surface area contributed by atoms with Crippen LogP contribution in [0.2, 0.25) is 0 Å². The van der Waals surface area contributed by atoms with Gasteiger partial charge in [-0.05, 0) is 37.7 Å². The second-order valence-corrected chi connectivity index (χ2v) is 4.96. The van der Waals surface area contributed by atoms with Gasteiger partial charge >= 0.3 is 0 Å². The van der Waals surface area contributed by atoms with Gasteiger partial charge in [0.15, 0.2) is 0 Å². The van der Waals surface area contributed by atoms with Gasteiger partial charge in [0.1, 0.15) is 5.82 Å². The van der Waals surface area contributed by atoms with E-state index in [0.717, 1.165) is 0 Å². The molecule has 0 aliphatic carbocycles. The minimum atomic E-state index is -1.16. The van der Waals surface area contributed by atoms with Crippen molar-refractivity contribution < 1.29 is 13.7 Å². The fourth-order valence-electron chi connectivity index (χ4n) is 1.33. The van der Waals surface area contributed by atoms with Gasteiger partial charge in [-0.25, -0.2) is 4.39 Å². The first-order valence-corrected chi connectivity index (χ1v) is 6.41. The van der Waals surface area contributed by atoms with Crippen molar-refractivity contribution in [2.75, 3.05) is 19.4 Å². The fourth-order valence-corrected chi connectivity index (χ4v) is 2.66. The minimum absolute atomic E-state index is 0.0101. The number of benzene rings is 1. The summed E-state index contributed by atoms with van der Waals surface area (Å²) in [5, 5.41) is 11.8. The third kappa shape index (κ3) is 4.00. The first kappa shape index (κ1) is 13.3. The molecule has 1 aromatic rings. The van der Waals surface area contributed by atoms with Crippen LogP contribution in [-0.4, -0.2) is 34.8 Å². The van der Waals surface area contributed by atoms with E-state index in [0.29, 0.717) is 17.1 Å². The molecule has 0 aromatic heterocycles. The predicted molar refractivity (Wildman–Crippen MR) is 62.2 cm³/mol. The zero-order valence-corrected chi connectivity index (χ0v) is 9.97. The van der Waals surface area contributed by atoms with Gasteiger partial charge in [0, 0.05) is 23.3 Å². The Morgan fingerprint density at radius 2 is 2.06 bits per heavy atom. The first-order chi connectivity index (χ1) is 7.67. The normalized spacial score (nSPS) is 14.7. The smallest absolute Gasteiger partial charge is 0.123 e. The molecule has 5 heteroatoms. The van der Waals surface area contributed by atoms with Gasteiger partial charge in [0.05, 0.1) is 10.8 Å². The van der Waals surface area contributed by atoms with Gasteiger partial charge in [0.2, 0.25) is 0 Å². The van der Waals surface area contributed by atoms with E-state index in [1.165, 1.54) is 24.3 Å². The van der Waals surface area contributed by atoms with Crippen molar-refractivity contribution in [3.63, 3.8) is 0 Å². The summed E-state index contributed by atoms with van der Waals surface area (Å²) in [5.74, 6) is 0.0872. The van der Waals surface area contributed by atoms with Crippen molar-refractivity contribution in [1.29, 1.82) is 0 Å². The van der Waals surface area contributed by atoms with E-state index >= 15 is 0 Å². The van der Waals surface area contributed by atoms with Crippen molar-refractivity contribution in [2.45, 2.75) is 17.4 Å². The number of hydrogen-bond acceptors (Lipinski definition) is 3. The molecule has 0 bridgehead atoms. The number of aliphatic hydroxyl groups is 1. The van der Waals surface area contributed by atoms with Gasteiger partial charge in [-0.3, -0.25) is 4.21 Å². The van der Waals surface area contributed by atoms with Gasteiger partial charge in [-0.1, -0.05) is 0 Å². The van der Waals surface area contributed by atoms with E-state index < -0.39 is 10.8 Å². The van der Waals surface area contributed by atoms with Crippen molar-refractivity contribution in [1.82, 2.24) is 5.32 Å². The Hall–Kier alpha value is -0.780. The van der Waals surface area contributed by atoms with Crippen molar-refractivity contribution in [2.24, 2.45) is 0 Å². The van der Waals surface area contributed by atoms with Crippen molar-refractivity contribution in [3.8, 4) is 0 Å². The zero-order chi connectivity index (χ0) is 12.0. The third-order valence-electron chi connectivity index (χ3n) is 2.31. The molecular formula is C11H16FNO2S. The van der Waals surface area contributed by atoms with Crippen LogP contribution in [0, 0.1) is 5.82 Å². The third-order valence-corrected chi connectivity index (χ3v) is 3.82. The maximum atomic E-state index is 12.7. The molecule has 16 heavy (non-hydrogen) atoms. The van der Waals surface area contributed by atoms with Crippen LogP contribution >= 0.6 is 0 Å². The van der Waals surface area contributed by atoms with Crippen LogP contribution < -0.4 is 5.32 Å². The molecule has 1 rings (SSSR count). The van der Waals surface area contributed by atoms with Gasteiger partial charge < -0.3 is 10.4 Å². The number of nitrogens with one attached hydrogen (secondary N) is 1. The number of aliphatic hydroxyl groups excluding tert-OH is 1. The Kier molecular flexibility index (Phi) is 5.59. The van der Waals surface area contributed by atoms with Crippen LogP contribution in [0.1, 0.15) is 6.42 Å². The molecule has 2 N–H and O–H groups in total. The van der Waals surface area contributed by atoms with Crippen molar-refractivity contribution >= 4 is 10.8 Å². The molecule has 0 saturated carbocycles. The Morgan fingerprint density at radius 3 is 2.56 bits per heavy atom. The Morgan fingerprint density at radius 1 is 1.44 bits per heavy atom. The highest BCUT2D eigenvalue weighted by atomic mass is 32.2. The SMILES string of the molecule is CNC(CCO)CS(=O)c1ccc(F)cc1. The van der Waals surface area contributed by atoms with Crippen LogP contribution in [0.25, 0.3) is 0 Å². The largest absolute Gasteiger partial charge is 0.396 e. The highest BCUT2D eigenvalue weighted by molar-refractivity contribution is 7.85. The topological polar surface area (TPSA) is 49.3 Å². The Bertz CT molecular complexity index is 342. The van der Waals surface area contributed by atoms with Crippen LogP contribution in [0.3, 0.4) is 0 Å². The van der Waals surface area contributed by atoms with E-state index in [1.807, 2.05) is 0 Å². The molecule has 1 aromatic carbocycles. The summed E-state index contributed by atoms with van der Waals surface area (Å²) in [5.41, 5.74) is 0. The van der Waals surface area contributed by atoms with E-state index in [-0.39, 0.29) is 18.5 Å².